The Hall–Kier alpha value is -2.11. The molecule has 1 aromatic carbocycles. The Balaban J connectivity index is 2.33. The van der Waals surface area contributed by atoms with Crippen molar-refractivity contribution in [3.05, 3.63) is 42.1 Å². The maximum absolute atomic E-state index is 12.0. The van der Waals surface area contributed by atoms with E-state index < -0.39 is 12.2 Å². The number of fused-ring (bicyclic) bond motifs is 1. The summed E-state index contributed by atoms with van der Waals surface area (Å²) in [5.74, 6) is -1.18. The quantitative estimate of drug-likeness (QED) is 0.778. The second kappa shape index (κ2) is 4.04. The summed E-state index contributed by atoms with van der Waals surface area (Å²) in [6.45, 7) is 0. The van der Waals surface area contributed by atoms with Crippen LogP contribution in [-0.2, 0) is 0 Å². The highest BCUT2D eigenvalue weighted by molar-refractivity contribution is 5.98. The third kappa shape index (κ3) is 2.72. The van der Waals surface area contributed by atoms with Gasteiger partial charge in [0.2, 0.25) is 0 Å². The Morgan fingerprint density at radius 3 is 2.71 bits per heavy atom. The molecule has 0 aliphatic carbocycles. The number of hydrogen-bond acceptors (Lipinski definition) is 2. The van der Waals surface area contributed by atoms with Crippen LogP contribution in [0.25, 0.3) is 10.9 Å². The average Bonchev–Trinajstić information content (AvgIpc) is 2.26. The Labute approximate surface area is 94.3 Å². The van der Waals surface area contributed by atoms with Crippen molar-refractivity contribution in [3.8, 4) is 0 Å². The van der Waals surface area contributed by atoms with Gasteiger partial charge >= 0.3 is 6.30 Å². The van der Waals surface area contributed by atoms with E-state index in [1.807, 2.05) is 0 Å². The Kier molecular flexibility index (Phi) is 2.71. The lowest BCUT2D eigenvalue weighted by molar-refractivity contribution is -0.146. The predicted octanol–water partition coefficient (Wildman–Crippen LogP) is 2.48. The summed E-state index contributed by atoms with van der Waals surface area (Å²) in [5, 5.41) is 1.55. The van der Waals surface area contributed by atoms with E-state index in [1.165, 1.54) is 18.2 Å². The molecule has 88 valence electrons. The van der Waals surface area contributed by atoms with E-state index in [0.717, 1.165) is 5.32 Å². The highest BCUT2D eigenvalue weighted by Crippen LogP contribution is 2.15. The lowest BCUT2D eigenvalue weighted by Gasteiger charge is -2.08. The van der Waals surface area contributed by atoms with Crippen molar-refractivity contribution in [2.75, 3.05) is 0 Å². The van der Waals surface area contributed by atoms with Gasteiger partial charge in [0.1, 0.15) is 0 Å². The molecule has 17 heavy (non-hydrogen) atoms. The number of nitrogens with zero attached hydrogens (tertiary/aromatic N) is 1. The van der Waals surface area contributed by atoms with Gasteiger partial charge in [-0.15, -0.1) is 0 Å². The van der Waals surface area contributed by atoms with E-state index in [0.29, 0.717) is 10.9 Å². The first-order valence-corrected chi connectivity index (χ1v) is 4.70. The molecule has 0 fully saturated rings. The Bertz CT molecular complexity index is 566. The van der Waals surface area contributed by atoms with E-state index >= 15 is 0 Å². The van der Waals surface area contributed by atoms with Crippen LogP contribution in [0.4, 0.5) is 13.2 Å². The summed E-state index contributed by atoms with van der Waals surface area (Å²) >= 11 is 0. The molecule has 2 aromatic rings. The molecule has 0 spiro atoms. The maximum atomic E-state index is 12.0. The van der Waals surface area contributed by atoms with Gasteiger partial charge in [-0.25, -0.2) is 0 Å². The molecule has 0 atom stereocenters. The van der Waals surface area contributed by atoms with Gasteiger partial charge in [-0.2, -0.15) is 13.2 Å². The van der Waals surface area contributed by atoms with Gasteiger partial charge in [0, 0.05) is 17.1 Å². The largest absolute Gasteiger partial charge is 0.484 e. The number of rotatable bonds is 1. The van der Waals surface area contributed by atoms with Crippen LogP contribution < -0.4 is 5.32 Å². The highest BCUT2D eigenvalue weighted by Gasteiger charge is 2.30. The molecule has 0 saturated heterocycles. The van der Waals surface area contributed by atoms with E-state index in [9.17, 15) is 18.0 Å². The van der Waals surface area contributed by atoms with Gasteiger partial charge in [-0.05, 0) is 24.3 Å². The van der Waals surface area contributed by atoms with Crippen LogP contribution in [0.5, 0.6) is 0 Å². The third-order valence-electron chi connectivity index (χ3n) is 2.12. The number of alkyl halides is 3. The van der Waals surface area contributed by atoms with Crippen LogP contribution in [0, 0.1) is 0 Å². The second-order valence-electron chi connectivity index (χ2n) is 3.36. The topological polar surface area (TPSA) is 42.0 Å². The van der Waals surface area contributed by atoms with Gasteiger partial charge in [-0.3, -0.25) is 15.1 Å². The molecule has 6 heteroatoms. The molecular weight excluding hydrogens is 233 g/mol. The second-order valence-corrected chi connectivity index (χ2v) is 3.36. The number of aromatic nitrogens is 1. The lowest BCUT2D eigenvalue weighted by Crippen LogP contribution is -2.37. The molecule has 1 heterocycles. The van der Waals surface area contributed by atoms with Crippen molar-refractivity contribution in [1.82, 2.24) is 10.3 Å². The monoisotopic (exact) mass is 240 g/mol. The number of amides is 1. The summed E-state index contributed by atoms with van der Waals surface area (Å²) in [5.41, 5.74) is 0.568. The molecule has 0 aliphatic rings. The molecule has 1 N–H and O–H groups in total. The van der Waals surface area contributed by atoms with Crippen molar-refractivity contribution < 1.29 is 18.0 Å². The lowest BCUT2D eigenvalue weighted by atomic mass is 10.1. The van der Waals surface area contributed by atoms with E-state index in [4.69, 9.17) is 0 Å². The summed E-state index contributed by atoms with van der Waals surface area (Å²) in [4.78, 5) is 15.3. The van der Waals surface area contributed by atoms with Crippen LogP contribution in [0.15, 0.2) is 36.5 Å². The molecular formula is C11H7F3N2O. The first kappa shape index (κ1) is 11.4. The molecule has 1 amide bonds. The van der Waals surface area contributed by atoms with Crippen molar-refractivity contribution >= 4 is 16.8 Å². The first-order chi connectivity index (χ1) is 7.96. The summed E-state index contributed by atoms with van der Waals surface area (Å²) in [7, 11) is 0. The fraction of sp³-hybridized carbons (Fsp3) is 0.0909. The minimum absolute atomic E-state index is 0.0529. The van der Waals surface area contributed by atoms with Crippen LogP contribution in [-0.4, -0.2) is 17.2 Å². The number of halogens is 3. The zero-order valence-corrected chi connectivity index (χ0v) is 8.45. The number of nitrogens with one attached hydrogen (secondary N) is 1. The maximum Gasteiger partial charge on any atom is 0.484 e. The van der Waals surface area contributed by atoms with Crippen LogP contribution in [0.2, 0.25) is 0 Å². The fourth-order valence-electron chi connectivity index (χ4n) is 1.42. The molecule has 3 nitrogen and oxygen atoms in total. The Morgan fingerprint density at radius 1 is 1.24 bits per heavy atom. The van der Waals surface area contributed by atoms with Crippen LogP contribution in [0.3, 0.4) is 0 Å². The third-order valence-corrected chi connectivity index (χ3v) is 2.12. The highest BCUT2D eigenvalue weighted by atomic mass is 19.4. The van der Waals surface area contributed by atoms with Crippen molar-refractivity contribution in [3.63, 3.8) is 0 Å². The van der Waals surface area contributed by atoms with Gasteiger partial charge in [0.25, 0.3) is 5.91 Å². The van der Waals surface area contributed by atoms with E-state index in [2.05, 4.69) is 4.98 Å². The first-order valence-electron chi connectivity index (χ1n) is 4.70. The molecule has 1 aromatic heterocycles. The SMILES string of the molecule is O=C(NC(F)(F)F)c1ccc2ncccc2c1. The summed E-state index contributed by atoms with van der Waals surface area (Å²) in [6.07, 6.45) is -3.15. The van der Waals surface area contributed by atoms with Gasteiger partial charge < -0.3 is 0 Å². The number of pyridine rings is 1. The number of benzene rings is 1. The normalized spacial score (nSPS) is 11.5. The molecule has 2 rings (SSSR count). The predicted molar refractivity (Wildman–Crippen MR) is 55.3 cm³/mol. The summed E-state index contributed by atoms with van der Waals surface area (Å²) in [6, 6.07) is 7.49. The molecule has 0 bridgehead atoms. The van der Waals surface area contributed by atoms with Crippen molar-refractivity contribution in [2.24, 2.45) is 0 Å². The zero-order valence-electron chi connectivity index (χ0n) is 8.45. The molecule has 0 unspecified atom stereocenters. The van der Waals surface area contributed by atoms with Crippen molar-refractivity contribution in [1.29, 1.82) is 0 Å². The fourth-order valence-corrected chi connectivity index (χ4v) is 1.42. The number of carbonyl (C=O) groups is 1. The minimum Gasteiger partial charge on any atom is -0.269 e. The molecule has 0 radical (unpaired) electrons. The standard InChI is InChI=1S/C11H7F3N2O/c12-11(13,14)16-10(17)8-3-4-9-7(6-8)2-1-5-15-9/h1-6H,(H,16,17). The Morgan fingerprint density at radius 2 is 2.00 bits per heavy atom. The van der Waals surface area contributed by atoms with E-state index in [-0.39, 0.29) is 5.56 Å². The number of carbonyl (C=O) groups excluding carboxylic acids is 1. The van der Waals surface area contributed by atoms with Crippen molar-refractivity contribution in [2.45, 2.75) is 6.30 Å². The van der Waals surface area contributed by atoms with Gasteiger partial charge in [-0.1, -0.05) is 6.07 Å². The van der Waals surface area contributed by atoms with Gasteiger partial charge in [0.15, 0.2) is 0 Å². The van der Waals surface area contributed by atoms with Crippen LogP contribution >= 0.6 is 0 Å². The van der Waals surface area contributed by atoms with Crippen LogP contribution in [0.1, 0.15) is 10.4 Å². The van der Waals surface area contributed by atoms with Gasteiger partial charge in [0.05, 0.1) is 5.52 Å². The van der Waals surface area contributed by atoms with E-state index in [1.54, 1.807) is 18.3 Å². The minimum atomic E-state index is -4.72. The number of hydrogen-bond donors (Lipinski definition) is 1. The summed E-state index contributed by atoms with van der Waals surface area (Å²) < 4.78 is 35.9. The molecule has 0 aliphatic heterocycles. The molecule has 0 saturated carbocycles. The smallest absolute Gasteiger partial charge is 0.269 e. The average molecular weight is 240 g/mol. The zero-order chi connectivity index (χ0) is 12.5.